The van der Waals surface area contributed by atoms with Crippen LogP contribution in [0.3, 0.4) is 0 Å². The Kier molecular flexibility index (Phi) is 7.89. The largest absolute Gasteiger partial charge is 0.411 e. The van der Waals surface area contributed by atoms with E-state index in [9.17, 15) is 0 Å². The van der Waals surface area contributed by atoms with Gasteiger partial charge in [0.1, 0.15) is 11.4 Å². The second kappa shape index (κ2) is 8.53. The number of hydrogen-bond acceptors (Lipinski definition) is 4. The highest BCUT2D eigenvalue weighted by Crippen LogP contribution is 2.06. The third kappa shape index (κ3) is 5.56. The van der Waals surface area contributed by atoms with Crippen LogP contribution < -0.4 is 0 Å². The monoisotopic (exact) mass is 200 g/mol. The Morgan fingerprint density at radius 1 is 1.00 bits per heavy atom. The zero-order chi connectivity index (χ0) is 10.8. The first-order valence-electron chi connectivity index (χ1n) is 5.16. The second-order valence-electron chi connectivity index (χ2n) is 3.40. The van der Waals surface area contributed by atoms with Gasteiger partial charge in [0.05, 0.1) is 0 Å². The molecule has 2 N–H and O–H groups in total. The van der Waals surface area contributed by atoms with Crippen LogP contribution in [0, 0.1) is 0 Å². The molecule has 0 saturated heterocycles. The van der Waals surface area contributed by atoms with Crippen molar-refractivity contribution in [3.8, 4) is 0 Å². The van der Waals surface area contributed by atoms with Gasteiger partial charge in [-0.05, 0) is 19.8 Å². The minimum atomic E-state index is 0.392. The van der Waals surface area contributed by atoms with E-state index in [4.69, 9.17) is 10.4 Å². The van der Waals surface area contributed by atoms with Gasteiger partial charge < -0.3 is 10.4 Å². The number of rotatable bonds is 7. The lowest BCUT2D eigenvalue weighted by molar-refractivity contribution is 0.312. The molecule has 0 aromatic heterocycles. The van der Waals surface area contributed by atoms with Gasteiger partial charge in [-0.3, -0.25) is 0 Å². The topological polar surface area (TPSA) is 65.2 Å². The van der Waals surface area contributed by atoms with Crippen LogP contribution in [-0.2, 0) is 0 Å². The molecular formula is C10H20N2O2. The zero-order valence-corrected chi connectivity index (χ0v) is 9.03. The predicted octanol–water partition coefficient (Wildman–Crippen LogP) is 3.03. The highest BCUT2D eigenvalue weighted by atomic mass is 16.4. The summed E-state index contributed by atoms with van der Waals surface area (Å²) in [6.07, 6.45) is 6.47. The van der Waals surface area contributed by atoms with Crippen molar-refractivity contribution in [2.75, 3.05) is 0 Å². The molecule has 0 aromatic rings. The molecule has 82 valence electrons. The van der Waals surface area contributed by atoms with Gasteiger partial charge >= 0.3 is 0 Å². The summed E-state index contributed by atoms with van der Waals surface area (Å²) in [4.78, 5) is 0. The lowest BCUT2D eigenvalue weighted by Crippen LogP contribution is -2.10. The average molecular weight is 200 g/mol. The van der Waals surface area contributed by atoms with Crippen molar-refractivity contribution in [3.05, 3.63) is 0 Å². The van der Waals surface area contributed by atoms with Crippen LogP contribution in [0.2, 0.25) is 0 Å². The van der Waals surface area contributed by atoms with Crippen molar-refractivity contribution in [3.63, 3.8) is 0 Å². The maximum Gasteiger partial charge on any atom is 0.104 e. The minimum absolute atomic E-state index is 0.392. The van der Waals surface area contributed by atoms with E-state index in [-0.39, 0.29) is 0 Å². The molecule has 0 amide bonds. The van der Waals surface area contributed by atoms with Crippen molar-refractivity contribution in [1.82, 2.24) is 0 Å². The Morgan fingerprint density at radius 3 is 2.14 bits per heavy atom. The summed E-state index contributed by atoms with van der Waals surface area (Å²) in [5, 5.41) is 23.2. The van der Waals surface area contributed by atoms with Crippen LogP contribution in [0.1, 0.15) is 52.4 Å². The van der Waals surface area contributed by atoms with E-state index in [1.165, 1.54) is 19.3 Å². The van der Waals surface area contributed by atoms with Gasteiger partial charge in [0.15, 0.2) is 0 Å². The fourth-order valence-corrected chi connectivity index (χ4v) is 1.26. The SMILES string of the molecule is CCCCCCCC(=N\O)/C(C)=N/O. The molecule has 14 heavy (non-hydrogen) atoms. The molecule has 0 radical (unpaired) electrons. The van der Waals surface area contributed by atoms with Crippen LogP contribution in [0.4, 0.5) is 0 Å². The van der Waals surface area contributed by atoms with E-state index in [2.05, 4.69) is 17.2 Å². The standard InChI is InChI=1S/C10H20N2O2/c1-3-4-5-6-7-8-10(12-14)9(2)11-13/h13-14H,3-8H2,1-2H3/b11-9+,12-10+. The molecule has 0 spiro atoms. The van der Waals surface area contributed by atoms with E-state index in [0.29, 0.717) is 17.8 Å². The molecule has 4 nitrogen and oxygen atoms in total. The van der Waals surface area contributed by atoms with E-state index in [0.717, 1.165) is 12.8 Å². The fraction of sp³-hybridized carbons (Fsp3) is 0.800. The molecule has 0 rings (SSSR count). The van der Waals surface area contributed by atoms with Crippen LogP contribution in [0.5, 0.6) is 0 Å². The molecule has 0 heterocycles. The molecular weight excluding hydrogens is 180 g/mol. The predicted molar refractivity (Wildman–Crippen MR) is 57.5 cm³/mol. The summed E-state index contributed by atoms with van der Waals surface area (Å²) in [6, 6.07) is 0. The first-order valence-corrected chi connectivity index (χ1v) is 5.16. The molecule has 0 atom stereocenters. The van der Waals surface area contributed by atoms with Crippen molar-refractivity contribution >= 4 is 11.4 Å². The van der Waals surface area contributed by atoms with E-state index < -0.39 is 0 Å². The minimum Gasteiger partial charge on any atom is -0.411 e. The molecule has 4 heteroatoms. The summed E-state index contributed by atoms with van der Waals surface area (Å²) in [6.45, 7) is 3.80. The lowest BCUT2D eigenvalue weighted by atomic mass is 10.1. The quantitative estimate of drug-likeness (QED) is 0.287. The summed E-state index contributed by atoms with van der Waals surface area (Å²) >= 11 is 0. The molecule has 0 aliphatic heterocycles. The molecule has 0 aliphatic rings. The van der Waals surface area contributed by atoms with Crippen molar-refractivity contribution < 1.29 is 10.4 Å². The van der Waals surface area contributed by atoms with Gasteiger partial charge in [0, 0.05) is 0 Å². The van der Waals surface area contributed by atoms with E-state index in [1.54, 1.807) is 6.92 Å². The zero-order valence-electron chi connectivity index (χ0n) is 9.03. The van der Waals surface area contributed by atoms with Crippen LogP contribution in [-0.4, -0.2) is 21.8 Å². The van der Waals surface area contributed by atoms with Crippen molar-refractivity contribution in [1.29, 1.82) is 0 Å². The van der Waals surface area contributed by atoms with Crippen LogP contribution in [0.25, 0.3) is 0 Å². The molecule has 0 unspecified atom stereocenters. The number of oxime groups is 2. The highest BCUT2D eigenvalue weighted by molar-refractivity contribution is 6.41. The number of unbranched alkanes of at least 4 members (excludes halogenated alkanes) is 4. The van der Waals surface area contributed by atoms with Crippen LogP contribution in [0.15, 0.2) is 10.3 Å². The Bertz CT molecular complexity index is 200. The van der Waals surface area contributed by atoms with E-state index in [1.807, 2.05) is 0 Å². The van der Waals surface area contributed by atoms with Crippen molar-refractivity contribution in [2.45, 2.75) is 52.4 Å². The van der Waals surface area contributed by atoms with Gasteiger partial charge in [-0.2, -0.15) is 0 Å². The van der Waals surface area contributed by atoms with Gasteiger partial charge in [-0.15, -0.1) is 0 Å². The van der Waals surface area contributed by atoms with Gasteiger partial charge in [-0.1, -0.05) is 42.9 Å². The third-order valence-corrected chi connectivity index (χ3v) is 2.21. The third-order valence-electron chi connectivity index (χ3n) is 2.21. The normalized spacial score (nSPS) is 13.3. The Hall–Kier alpha value is -1.06. The summed E-state index contributed by atoms with van der Waals surface area (Å²) in [5.74, 6) is 0. The Labute approximate surface area is 85.3 Å². The maximum absolute atomic E-state index is 8.63. The summed E-state index contributed by atoms with van der Waals surface area (Å²) in [5.41, 5.74) is 0.868. The first kappa shape index (κ1) is 12.9. The molecule has 0 bridgehead atoms. The van der Waals surface area contributed by atoms with E-state index >= 15 is 0 Å². The van der Waals surface area contributed by atoms with Gasteiger partial charge in [-0.25, -0.2) is 0 Å². The molecule has 0 aliphatic carbocycles. The van der Waals surface area contributed by atoms with Gasteiger partial charge in [0.2, 0.25) is 0 Å². The summed E-state index contributed by atoms with van der Waals surface area (Å²) < 4.78 is 0. The Balaban J connectivity index is 3.65. The maximum atomic E-state index is 8.63. The molecule has 0 fully saturated rings. The first-order chi connectivity index (χ1) is 6.76. The van der Waals surface area contributed by atoms with Crippen molar-refractivity contribution in [2.24, 2.45) is 10.3 Å². The molecule has 0 aromatic carbocycles. The summed E-state index contributed by atoms with van der Waals surface area (Å²) in [7, 11) is 0. The molecule has 0 saturated carbocycles. The number of hydrogen-bond donors (Lipinski definition) is 2. The smallest absolute Gasteiger partial charge is 0.104 e. The number of nitrogens with zero attached hydrogens (tertiary/aromatic N) is 2. The average Bonchev–Trinajstić information content (AvgIpc) is 2.22. The lowest BCUT2D eigenvalue weighted by Gasteiger charge is -2.02. The fourth-order valence-electron chi connectivity index (χ4n) is 1.26. The second-order valence-corrected chi connectivity index (χ2v) is 3.40. The van der Waals surface area contributed by atoms with Crippen LogP contribution >= 0.6 is 0 Å². The Morgan fingerprint density at radius 2 is 1.64 bits per heavy atom. The highest BCUT2D eigenvalue weighted by Gasteiger charge is 2.04. The van der Waals surface area contributed by atoms with Gasteiger partial charge in [0.25, 0.3) is 0 Å².